The zero-order valence-electron chi connectivity index (χ0n) is 27.1. The van der Waals surface area contributed by atoms with Gasteiger partial charge in [-0.3, -0.25) is 13.9 Å². The van der Waals surface area contributed by atoms with Gasteiger partial charge in [0.2, 0.25) is 11.8 Å². The highest BCUT2D eigenvalue weighted by Gasteiger charge is 2.36. The van der Waals surface area contributed by atoms with E-state index in [1.165, 1.54) is 29.2 Å². The predicted molar refractivity (Wildman–Crippen MR) is 192 cm³/mol. The number of amides is 2. The number of carbonyl (C=O) groups excluding carboxylic acids is 2. The number of nitrogens with one attached hydrogen (secondary N) is 1. The first-order chi connectivity index (χ1) is 22.7. The highest BCUT2D eigenvalue weighted by molar-refractivity contribution is 7.92. The number of hydrogen-bond acceptors (Lipinski definition) is 5. The number of nitrogens with zero attached hydrogens (tertiary/aromatic N) is 2. The number of hydrogen-bond donors (Lipinski definition) is 1. The van der Waals surface area contributed by atoms with Crippen LogP contribution >= 0.6 is 34.8 Å². The molecule has 4 rings (SSSR count). The molecule has 4 aromatic rings. The van der Waals surface area contributed by atoms with Crippen LogP contribution in [0.1, 0.15) is 38.8 Å². The molecule has 0 aromatic heterocycles. The number of ether oxygens (including phenoxy) is 1. The van der Waals surface area contributed by atoms with Gasteiger partial charge in [-0.2, -0.15) is 0 Å². The van der Waals surface area contributed by atoms with Gasteiger partial charge in [-0.05, 0) is 87.4 Å². The molecule has 0 radical (unpaired) electrons. The number of para-hydroxylation sites is 2. The first-order valence-electron chi connectivity index (χ1n) is 15.3. The SMILES string of the molecule is CCOc1ccccc1N(CC(=O)N(Cc1ccc(Cl)c(Cl)c1)[C@@H](Cc1ccccc1)C(=O)NC(C)(C)C)S(=O)(=O)c1ccc(Cl)cc1. The van der Waals surface area contributed by atoms with Crippen molar-refractivity contribution >= 4 is 62.3 Å². The summed E-state index contributed by atoms with van der Waals surface area (Å²) < 4.78 is 35.5. The summed E-state index contributed by atoms with van der Waals surface area (Å²) in [4.78, 5) is 30.1. The molecular formula is C36H38Cl3N3O5S. The van der Waals surface area contributed by atoms with Crippen LogP contribution in [0.5, 0.6) is 5.75 Å². The molecule has 0 bridgehead atoms. The molecule has 12 heteroatoms. The van der Waals surface area contributed by atoms with E-state index in [9.17, 15) is 18.0 Å². The maximum atomic E-state index is 14.7. The molecule has 48 heavy (non-hydrogen) atoms. The summed E-state index contributed by atoms with van der Waals surface area (Å²) in [7, 11) is -4.35. The first-order valence-corrected chi connectivity index (χ1v) is 17.9. The third kappa shape index (κ3) is 9.66. The number of anilines is 1. The number of rotatable bonds is 13. The number of carbonyl (C=O) groups is 2. The van der Waals surface area contributed by atoms with Crippen molar-refractivity contribution in [2.24, 2.45) is 0 Å². The van der Waals surface area contributed by atoms with Crippen LogP contribution in [0.3, 0.4) is 0 Å². The summed E-state index contributed by atoms with van der Waals surface area (Å²) in [6.45, 7) is 6.87. The molecule has 1 atom stereocenters. The van der Waals surface area contributed by atoms with E-state index in [2.05, 4.69) is 5.32 Å². The molecule has 4 aromatic carbocycles. The Kier molecular flexibility index (Phi) is 12.4. The normalized spacial score (nSPS) is 12.2. The van der Waals surface area contributed by atoms with Crippen molar-refractivity contribution in [2.45, 2.75) is 57.1 Å². The summed E-state index contributed by atoms with van der Waals surface area (Å²) in [5, 5.41) is 3.97. The second kappa shape index (κ2) is 16.1. The summed E-state index contributed by atoms with van der Waals surface area (Å²) in [5.41, 5.74) is 0.952. The molecule has 1 N–H and O–H groups in total. The van der Waals surface area contributed by atoms with E-state index in [1.807, 2.05) is 51.1 Å². The van der Waals surface area contributed by atoms with Crippen molar-refractivity contribution in [3.05, 3.63) is 123 Å². The van der Waals surface area contributed by atoms with Crippen LogP contribution in [0.15, 0.2) is 102 Å². The summed E-state index contributed by atoms with van der Waals surface area (Å²) >= 11 is 18.6. The topological polar surface area (TPSA) is 96.0 Å². The molecule has 0 unspecified atom stereocenters. The van der Waals surface area contributed by atoms with Gasteiger partial charge in [0.25, 0.3) is 10.0 Å². The van der Waals surface area contributed by atoms with Crippen LogP contribution in [0.25, 0.3) is 0 Å². The van der Waals surface area contributed by atoms with Crippen molar-refractivity contribution < 1.29 is 22.7 Å². The van der Waals surface area contributed by atoms with Crippen molar-refractivity contribution in [1.29, 1.82) is 0 Å². The second-order valence-electron chi connectivity index (χ2n) is 12.1. The molecule has 254 valence electrons. The Labute approximate surface area is 297 Å². The minimum absolute atomic E-state index is 0.0628. The second-order valence-corrected chi connectivity index (χ2v) is 15.2. The summed E-state index contributed by atoms with van der Waals surface area (Å²) in [6, 6.07) is 25.5. The van der Waals surface area contributed by atoms with E-state index in [0.29, 0.717) is 15.6 Å². The van der Waals surface area contributed by atoms with Gasteiger partial charge in [0.05, 0.1) is 27.2 Å². The Morgan fingerprint density at radius 3 is 2.10 bits per heavy atom. The fourth-order valence-corrected chi connectivity index (χ4v) is 6.90. The minimum atomic E-state index is -4.35. The molecule has 0 aliphatic rings. The lowest BCUT2D eigenvalue weighted by molar-refractivity contribution is -0.140. The standard InChI is InChI=1S/C36H38Cl3N3O5S/c1-5-47-33-14-10-9-13-31(33)42(48(45,46)28-18-16-27(37)17-19-28)24-34(43)41(23-26-15-20-29(38)30(39)21-26)32(35(44)40-36(2,3)4)22-25-11-7-6-8-12-25/h6-21,32H,5,22-24H2,1-4H3,(H,40,44)/t32-/m0/s1. The van der Waals surface area contributed by atoms with E-state index >= 15 is 0 Å². The molecule has 0 aliphatic heterocycles. The average Bonchev–Trinajstić information content (AvgIpc) is 3.03. The van der Waals surface area contributed by atoms with Gasteiger partial charge in [0, 0.05) is 23.5 Å². The van der Waals surface area contributed by atoms with Gasteiger partial charge >= 0.3 is 0 Å². The lowest BCUT2D eigenvalue weighted by atomic mass is 10.0. The fourth-order valence-electron chi connectivity index (χ4n) is 5.03. The molecule has 0 spiro atoms. The summed E-state index contributed by atoms with van der Waals surface area (Å²) in [5.74, 6) is -0.760. The van der Waals surface area contributed by atoms with Crippen molar-refractivity contribution in [3.8, 4) is 5.75 Å². The van der Waals surface area contributed by atoms with Gasteiger partial charge in [-0.25, -0.2) is 8.42 Å². The maximum absolute atomic E-state index is 14.7. The molecule has 0 saturated heterocycles. The van der Waals surface area contributed by atoms with Gasteiger partial charge in [0.1, 0.15) is 18.3 Å². The number of benzene rings is 4. The van der Waals surface area contributed by atoms with Crippen molar-refractivity contribution in [3.63, 3.8) is 0 Å². The Hall–Kier alpha value is -3.76. The molecule has 0 heterocycles. The highest BCUT2D eigenvalue weighted by atomic mass is 35.5. The Morgan fingerprint density at radius 2 is 1.48 bits per heavy atom. The monoisotopic (exact) mass is 729 g/mol. The first kappa shape index (κ1) is 37.1. The third-order valence-electron chi connectivity index (χ3n) is 7.22. The van der Waals surface area contributed by atoms with E-state index in [4.69, 9.17) is 39.5 Å². The van der Waals surface area contributed by atoms with E-state index < -0.39 is 40.0 Å². The average molecular weight is 731 g/mol. The Morgan fingerprint density at radius 1 is 0.833 bits per heavy atom. The van der Waals surface area contributed by atoms with Crippen LogP contribution in [-0.2, 0) is 32.6 Å². The Bertz CT molecular complexity index is 1830. The van der Waals surface area contributed by atoms with Crippen LogP contribution < -0.4 is 14.4 Å². The largest absolute Gasteiger partial charge is 0.492 e. The third-order valence-corrected chi connectivity index (χ3v) is 9.99. The molecule has 0 saturated carbocycles. The molecular weight excluding hydrogens is 693 g/mol. The zero-order valence-corrected chi connectivity index (χ0v) is 30.2. The molecule has 0 fully saturated rings. The molecule has 8 nitrogen and oxygen atoms in total. The zero-order chi connectivity index (χ0) is 35.1. The van der Waals surface area contributed by atoms with Crippen LogP contribution in [0, 0.1) is 0 Å². The lowest BCUT2D eigenvalue weighted by Gasteiger charge is -2.35. The van der Waals surface area contributed by atoms with Crippen LogP contribution in [0.4, 0.5) is 5.69 Å². The van der Waals surface area contributed by atoms with Crippen LogP contribution in [0.2, 0.25) is 15.1 Å². The van der Waals surface area contributed by atoms with Gasteiger partial charge < -0.3 is 15.0 Å². The fraction of sp³-hybridized carbons (Fsp3) is 0.278. The highest BCUT2D eigenvalue weighted by Crippen LogP contribution is 2.33. The quantitative estimate of drug-likeness (QED) is 0.152. The number of halogens is 3. The molecule has 2 amide bonds. The maximum Gasteiger partial charge on any atom is 0.264 e. The smallest absolute Gasteiger partial charge is 0.264 e. The predicted octanol–water partition coefficient (Wildman–Crippen LogP) is 7.80. The molecule has 0 aliphatic carbocycles. The van der Waals surface area contributed by atoms with E-state index in [0.717, 1.165) is 9.87 Å². The van der Waals surface area contributed by atoms with E-state index in [1.54, 1.807) is 49.4 Å². The van der Waals surface area contributed by atoms with Crippen molar-refractivity contribution in [2.75, 3.05) is 17.5 Å². The minimum Gasteiger partial charge on any atom is -0.492 e. The van der Waals surface area contributed by atoms with Gasteiger partial charge in [-0.15, -0.1) is 0 Å². The van der Waals surface area contributed by atoms with Gasteiger partial charge in [-0.1, -0.05) is 83.3 Å². The van der Waals surface area contributed by atoms with E-state index in [-0.39, 0.29) is 40.9 Å². The number of sulfonamides is 1. The lowest BCUT2D eigenvalue weighted by Crippen LogP contribution is -2.56. The van der Waals surface area contributed by atoms with Gasteiger partial charge in [0.15, 0.2) is 0 Å². The Balaban J connectivity index is 1.87. The van der Waals surface area contributed by atoms with Crippen LogP contribution in [-0.4, -0.2) is 49.9 Å². The summed E-state index contributed by atoms with van der Waals surface area (Å²) in [6.07, 6.45) is 0.162. The van der Waals surface area contributed by atoms with Crippen molar-refractivity contribution in [1.82, 2.24) is 10.2 Å².